The van der Waals surface area contributed by atoms with Crippen LogP contribution in [0.15, 0.2) is 72.8 Å². The normalized spacial score (nSPS) is 10.3. The second kappa shape index (κ2) is 7.42. The predicted octanol–water partition coefficient (Wildman–Crippen LogP) is 4.08. The van der Waals surface area contributed by atoms with Gasteiger partial charge in [-0.2, -0.15) is 0 Å². The molecule has 0 saturated carbocycles. The SMILES string of the molecule is Nc1cccc(CNc2cccc(NCc3cccc(N)c3)c2)c1. The molecule has 3 aromatic rings. The molecule has 4 heteroatoms. The molecule has 4 nitrogen and oxygen atoms in total. The molecule has 0 fully saturated rings. The van der Waals surface area contributed by atoms with Crippen molar-refractivity contribution in [2.24, 2.45) is 0 Å². The van der Waals surface area contributed by atoms with E-state index >= 15 is 0 Å². The summed E-state index contributed by atoms with van der Waals surface area (Å²) in [6, 6.07) is 24.0. The minimum Gasteiger partial charge on any atom is -0.399 e. The van der Waals surface area contributed by atoms with Gasteiger partial charge in [0.25, 0.3) is 0 Å². The number of rotatable bonds is 6. The lowest BCUT2D eigenvalue weighted by Gasteiger charge is -2.11. The third-order valence-corrected chi connectivity index (χ3v) is 3.76. The molecular formula is C20H22N4. The number of hydrogen-bond donors (Lipinski definition) is 4. The Labute approximate surface area is 142 Å². The minimum absolute atomic E-state index is 0.740. The summed E-state index contributed by atoms with van der Waals surface area (Å²) in [5.74, 6) is 0. The topological polar surface area (TPSA) is 76.1 Å². The molecule has 0 spiro atoms. The Bertz CT molecular complexity index is 749. The van der Waals surface area contributed by atoms with E-state index in [9.17, 15) is 0 Å². The first kappa shape index (κ1) is 15.7. The molecular weight excluding hydrogens is 296 g/mol. The van der Waals surface area contributed by atoms with E-state index in [1.165, 1.54) is 0 Å². The number of nitrogens with two attached hydrogens (primary N) is 2. The quantitative estimate of drug-likeness (QED) is 0.517. The van der Waals surface area contributed by atoms with Crippen molar-refractivity contribution in [3.8, 4) is 0 Å². The van der Waals surface area contributed by atoms with Crippen LogP contribution < -0.4 is 22.1 Å². The maximum Gasteiger partial charge on any atom is 0.0401 e. The fraction of sp³-hybridized carbons (Fsp3) is 0.100. The number of nitrogen functional groups attached to an aromatic ring is 2. The van der Waals surface area contributed by atoms with Gasteiger partial charge in [0, 0.05) is 35.8 Å². The zero-order valence-electron chi connectivity index (χ0n) is 13.5. The molecule has 0 aliphatic carbocycles. The van der Waals surface area contributed by atoms with Gasteiger partial charge in [0.1, 0.15) is 0 Å². The van der Waals surface area contributed by atoms with E-state index < -0.39 is 0 Å². The van der Waals surface area contributed by atoms with E-state index in [0.29, 0.717) is 0 Å². The Kier molecular flexibility index (Phi) is 4.87. The van der Waals surface area contributed by atoms with Crippen molar-refractivity contribution in [3.63, 3.8) is 0 Å². The maximum absolute atomic E-state index is 5.81. The largest absolute Gasteiger partial charge is 0.399 e. The van der Waals surface area contributed by atoms with Crippen molar-refractivity contribution in [1.29, 1.82) is 0 Å². The summed E-state index contributed by atoms with van der Waals surface area (Å²) >= 11 is 0. The molecule has 0 aliphatic rings. The summed E-state index contributed by atoms with van der Waals surface area (Å²) in [5, 5.41) is 6.84. The first-order valence-corrected chi connectivity index (χ1v) is 7.96. The van der Waals surface area contributed by atoms with Gasteiger partial charge in [-0.1, -0.05) is 30.3 Å². The molecule has 24 heavy (non-hydrogen) atoms. The van der Waals surface area contributed by atoms with E-state index in [4.69, 9.17) is 11.5 Å². The Hall–Kier alpha value is -3.14. The second-order valence-corrected chi connectivity index (χ2v) is 5.78. The van der Waals surface area contributed by atoms with E-state index in [0.717, 1.165) is 47.0 Å². The molecule has 3 rings (SSSR count). The molecule has 0 bridgehead atoms. The minimum atomic E-state index is 0.740. The van der Waals surface area contributed by atoms with Gasteiger partial charge in [0.05, 0.1) is 0 Å². The fourth-order valence-corrected chi connectivity index (χ4v) is 2.55. The van der Waals surface area contributed by atoms with Gasteiger partial charge in [0.15, 0.2) is 0 Å². The van der Waals surface area contributed by atoms with Crippen LogP contribution >= 0.6 is 0 Å². The van der Waals surface area contributed by atoms with Crippen LogP contribution in [0.4, 0.5) is 22.7 Å². The van der Waals surface area contributed by atoms with Crippen LogP contribution in [0.1, 0.15) is 11.1 Å². The lowest BCUT2D eigenvalue weighted by molar-refractivity contribution is 1.14. The number of anilines is 4. The van der Waals surface area contributed by atoms with Gasteiger partial charge in [-0.05, 0) is 53.6 Å². The molecule has 0 aromatic heterocycles. The van der Waals surface area contributed by atoms with Crippen LogP contribution in [0, 0.1) is 0 Å². The average Bonchev–Trinajstić information content (AvgIpc) is 2.59. The molecule has 0 atom stereocenters. The smallest absolute Gasteiger partial charge is 0.0401 e. The molecule has 0 heterocycles. The molecule has 0 aliphatic heterocycles. The van der Waals surface area contributed by atoms with Crippen molar-refractivity contribution < 1.29 is 0 Å². The highest BCUT2D eigenvalue weighted by atomic mass is 14.9. The van der Waals surface area contributed by atoms with Crippen LogP contribution in [-0.2, 0) is 13.1 Å². The van der Waals surface area contributed by atoms with Crippen LogP contribution in [0.3, 0.4) is 0 Å². The van der Waals surface area contributed by atoms with Gasteiger partial charge in [-0.15, -0.1) is 0 Å². The molecule has 0 saturated heterocycles. The zero-order valence-corrected chi connectivity index (χ0v) is 13.5. The third-order valence-electron chi connectivity index (χ3n) is 3.76. The number of benzene rings is 3. The Morgan fingerprint density at radius 3 is 1.50 bits per heavy atom. The highest BCUT2D eigenvalue weighted by Crippen LogP contribution is 2.18. The highest BCUT2D eigenvalue weighted by Gasteiger charge is 1.99. The Morgan fingerprint density at radius 2 is 1.04 bits per heavy atom. The molecule has 3 aromatic carbocycles. The van der Waals surface area contributed by atoms with Crippen molar-refractivity contribution in [2.75, 3.05) is 22.1 Å². The van der Waals surface area contributed by atoms with Gasteiger partial charge >= 0.3 is 0 Å². The van der Waals surface area contributed by atoms with Gasteiger partial charge in [-0.25, -0.2) is 0 Å². The summed E-state index contributed by atoms with van der Waals surface area (Å²) in [6.45, 7) is 1.48. The van der Waals surface area contributed by atoms with Crippen molar-refractivity contribution in [1.82, 2.24) is 0 Å². The van der Waals surface area contributed by atoms with Crippen LogP contribution in [0.5, 0.6) is 0 Å². The van der Waals surface area contributed by atoms with Crippen molar-refractivity contribution in [2.45, 2.75) is 13.1 Å². The van der Waals surface area contributed by atoms with Crippen LogP contribution in [-0.4, -0.2) is 0 Å². The first-order chi connectivity index (χ1) is 11.7. The van der Waals surface area contributed by atoms with Gasteiger partial charge in [0.2, 0.25) is 0 Å². The highest BCUT2D eigenvalue weighted by molar-refractivity contribution is 5.57. The lowest BCUT2D eigenvalue weighted by atomic mass is 10.2. The summed E-state index contributed by atoms with van der Waals surface area (Å²) < 4.78 is 0. The monoisotopic (exact) mass is 318 g/mol. The third kappa shape index (κ3) is 4.43. The summed E-state index contributed by atoms with van der Waals surface area (Å²) in [4.78, 5) is 0. The molecule has 6 N–H and O–H groups in total. The van der Waals surface area contributed by atoms with Crippen LogP contribution in [0.2, 0.25) is 0 Å². The summed E-state index contributed by atoms with van der Waals surface area (Å²) in [6.07, 6.45) is 0. The molecule has 0 amide bonds. The van der Waals surface area contributed by atoms with E-state index in [2.05, 4.69) is 41.0 Å². The average molecular weight is 318 g/mol. The molecule has 0 unspecified atom stereocenters. The number of hydrogen-bond acceptors (Lipinski definition) is 4. The zero-order chi connectivity index (χ0) is 16.8. The fourth-order valence-electron chi connectivity index (χ4n) is 2.55. The lowest BCUT2D eigenvalue weighted by Crippen LogP contribution is -2.02. The van der Waals surface area contributed by atoms with Crippen molar-refractivity contribution >= 4 is 22.7 Å². The molecule has 122 valence electrons. The van der Waals surface area contributed by atoms with Crippen molar-refractivity contribution in [3.05, 3.63) is 83.9 Å². The van der Waals surface area contributed by atoms with Gasteiger partial charge < -0.3 is 22.1 Å². The van der Waals surface area contributed by atoms with Crippen LogP contribution in [0.25, 0.3) is 0 Å². The maximum atomic E-state index is 5.81. The van der Waals surface area contributed by atoms with E-state index in [1.54, 1.807) is 0 Å². The van der Waals surface area contributed by atoms with E-state index in [1.807, 2.05) is 42.5 Å². The number of nitrogens with one attached hydrogen (secondary N) is 2. The Balaban J connectivity index is 1.59. The standard InChI is InChI=1S/C20H22N4/c21-17-6-1-4-15(10-17)13-23-19-8-3-9-20(12-19)24-14-16-5-2-7-18(22)11-16/h1-12,23-24H,13-14,21-22H2. The summed E-state index contributed by atoms with van der Waals surface area (Å²) in [5.41, 5.74) is 17.6. The van der Waals surface area contributed by atoms with Gasteiger partial charge in [-0.3, -0.25) is 0 Å². The predicted molar refractivity (Wildman–Crippen MR) is 103 cm³/mol. The van der Waals surface area contributed by atoms with E-state index in [-0.39, 0.29) is 0 Å². The Morgan fingerprint density at radius 1 is 0.583 bits per heavy atom. The summed E-state index contributed by atoms with van der Waals surface area (Å²) in [7, 11) is 0. The second-order valence-electron chi connectivity index (χ2n) is 5.78. The first-order valence-electron chi connectivity index (χ1n) is 7.96. The molecule has 0 radical (unpaired) electrons.